The lowest BCUT2D eigenvalue weighted by Crippen LogP contribution is -2.39. The van der Waals surface area contributed by atoms with E-state index in [4.69, 9.17) is 16.3 Å². The van der Waals surface area contributed by atoms with E-state index in [1.165, 1.54) is 0 Å². The number of carbonyl (C=O) groups is 1. The van der Waals surface area contributed by atoms with Gasteiger partial charge in [0.2, 0.25) is 0 Å². The van der Waals surface area contributed by atoms with Gasteiger partial charge in [-0.2, -0.15) is 0 Å². The van der Waals surface area contributed by atoms with Crippen molar-refractivity contribution in [2.45, 2.75) is 32.8 Å². The Morgan fingerprint density at radius 2 is 2.12 bits per heavy atom. The fourth-order valence-electron chi connectivity index (χ4n) is 3.11. The van der Waals surface area contributed by atoms with Crippen LogP contribution in [-0.2, 0) is 0 Å². The number of aromatic nitrogens is 2. The molecule has 0 amide bonds. The maximum Gasteiger partial charge on any atom is 0.167 e. The molecule has 0 bridgehead atoms. The maximum absolute atomic E-state index is 12.9. The number of hydrogen-bond donors (Lipinski definition) is 0. The molecule has 6 heteroatoms. The van der Waals surface area contributed by atoms with Crippen LogP contribution in [0.4, 0.5) is 5.82 Å². The van der Waals surface area contributed by atoms with Crippen LogP contribution < -0.4 is 9.64 Å². The van der Waals surface area contributed by atoms with Crippen molar-refractivity contribution in [3.05, 3.63) is 47.1 Å². The molecule has 1 aliphatic heterocycles. The summed E-state index contributed by atoms with van der Waals surface area (Å²) >= 11 is 5.80. The van der Waals surface area contributed by atoms with Gasteiger partial charge in [0.1, 0.15) is 5.75 Å². The predicted molar refractivity (Wildman–Crippen MR) is 98.5 cm³/mol. The fraction of sp³-hybridized carbons (Fsp3) is 0.421. The quantitative estimate of drug-likeness (QED) is 0.755. The number of hydrogen-bond acceptors (Lipinski definition) is 5. The van der Waals surface area contributed by atoms with E-state index in [0.717, 1.165) is 31.0 Å². The lowest BCUT2D eigenvalue weighted by molar-refractivity contribution is 0.0906. The van der Waals surface area contributed by atoms with E-state index in [9.17, 15) is 4.79 Å². The summed E-state index contributed by atoms with van der Waals surface area (Å²) in [4.78, 5) is 15.0. The number of rotatable bonds is 5. The van der Waals surface area contributed by atoms with Gasteiger partial charge in [0.15, 0.2) is 16.8 Å². The summed E-state index contributed by atoms with van der Waals surface area (Å²) in [5.41, 5.74) is 0.701. The van der Waals surface area contributed by atoms with Gasteiger partial charge < -0.3 is 9.64 Å². The number of piperidine rings is 1. The van der Waals surface area contributed by atoms with Crippen LogP contribution in [0.5, 0.6) is 5.75 Å². The number of carbonyl (C=O) groups excluding carboxylic acids is 1. The normalized spacial score (nSPS) is 17.6. The molecule has 1 saturated heterocycles. The molecule has 0 saturated carbocycles. The third kappa shape index (κ3) is 4.48. The molecular weight excluding hydrogens is 338 g/mol. The van der Waals surface area contributed by atoms with Crippen molar-refractivity contribution in [1.82, 2.24) is 10.2 Å². The molecule has 0 spiro atoms. The number of benzene rings is 1. The zero-order chi connectivity index (χ0) is 17.8. The van der Waals surface area contributed by atoms with Crippen LogP contribution in [-0.4, -0.2) is 35.2 Å². The highest BCUT2D eigenvalue weighted by atomic mass is 35.5. The maximum atomic E-state index is 12.9. The molecule has 1 fully saturated rings. The molecule has 1 aliphatic rings. The van der Waals surface area contributed by atoms with Crippen molar-refractivity contribution in [3.63, 3.8) is 0 Å². The number of ketones is 1. The first-order valence-electron chi connectivity index (χ1n) is 8.58. The second kappa shape index (κ2) is 7.83. The van der Waals surface area contributed by atoms with Crippen LogP contribution >= 0.6 is 11.6 Å². The van der Waals surface area contributed by atoms with E-state index >= 15 is 0 Å². The molecule has 1 atom stereocenters. The highest BCUT2D eigenvalue weighted by Crippen LogP contribution is 2.26. The van der Waals surface area contributed by atoms with E-state index in [-0.39, 0.29) is 17.8 Å². The average molecular weight is 360 g/mol. The van der Waals surface area contributed by atoms with Crippen molar-refractivity contribution in [3.8, 4) is 5.75 Å². The van der Waals surface area contributed by atoms with Crippen LogP contribution in [0.2, 0.25) is 5.15 Å². The van der Waals surface area contributed by atoms with Gasteiger partial charge in [-0.25, -0.2) is 0 Å². The molecule has 0 radical (unpaired) electrons. The average Bonchev–Trinajstić information content (AvgIpc) is 2.61. The topological polar surface area (TPSA) is 55.3 Å². The lowest BCUT2D eigenvalue weighted by Gasteiger charge is -2.32. The Kier molecular flexibility index (Phi) is 5.53. The summed E-state index contributed by atoms with van der Waals surface area (Å²) in [5, 5.41) is 8.39. The van der Waals surface area contributed by atoms with Gasteiger partial charge in [0, 0.05) is 24.6 Å². The SMILES string of the molecule is CC(C)Oc1cccc(C(=O)[C@@H]2CCCN(c3ccc(Cl)nn3)C2)c1. The summed E-state index contributed by atoms with van der Waals surface area (Å²) in [7, 11) is 0. The van der Waals surface area contributed by atoms with E-state index < -0.39 is 0 Å². The molecule has 25 heavy (non-hydrogen) atoms. The lowest BCUT2D eigenvalue weighted by atomic mass is 9.90. The van der Waals surface area contributed by atoms with Gasteiger partial charge in [-0.15, -0.1) is 10.2 Å². The summed E-state index contributed by atoms with van der Waals surface area (Å²) in [6.07, 6.45) is 1.91. The minimum Gasteiger partial charge on any atom is -0.491 e. The standard InChI is InChI=1S/C19H22ClN3O2/c1-13(2)25-16-7-3-5-14(11-16)19(24)15-6-4-10-23(12-15)18-9-8-17(20)21-22-18/h3,5,7-9,11,13,15H,4,6,10,12H2,1-2H3/t15-/m1/s1. The first-order valence-corrected chi connectivity index (χ1v) is 8.96. The van der Waals surface area contributed by atoms with Gasteiger partial charge in [0.25, 0.3) is 0 Å². The van der Waals surface area contributed by atoms with E-state index in [1.54, 1.807) is 6.07 Å². The first kappa shape index (κ1) is 17.7. The van der Waals surface area contributed by atoms with E-state index in [1.807, 2.05) is 44.2 Å². The summed E-state index contributed by atoms with van der Waals surface area (Å²) < 4.78 is 5.70. The van der Waals surface area contributed by atoms with Crippen LogP contribution in [0.3, 0.4) is 0 Å². The molecule has 2 heterocycles. The van der Waals surface area contributed by atoms with E-state index in [2.05, 4.69) is 15.1 Å². The monoisotopic (exact) mass is 359 g/mol. The Bertz CT molecular complexity index is 734. The second-order valence-corrected chi connectivity index (χ2v) is 6.95. The molecule has 132 valence electrons. The molecular formula is C19H22ClN3O2. The molecule has 0 aliphatic carbocycles. The number of Topliss-reactive ketones (excluding diaryl/α,β-unsaturated/α-hetero) is 1. The highest BCUT2D eigenvalue weighted by molar-refractivity contribution is 6.29. The summed E-state index contributed by atoms with van der Waals surface area (Å²) in [6, 6.07) is 11.0. The molecule has 0 unspecified atom stereocenters. The Hall–Kier alpha value is -2.14. The molecule has 1 aromatic carbocycles. The van der Waals surface area contributed by atoms with Crippen LogP contribution in [0.1, 0.15) is 37.0 Å². The zero-order valence-corrected chi connectivity index (χ0v) is 15.2. The third-order valence-electron chi connectivity index (χ3n) is 4.22. The van der Waals surface area contributed by atoms with Crippen molar-refractivity contribution in [1.29, 1.82) is 0 Å². The van der Waals surface area contributed by atoms with Crippen molar-refractivity contribution in [2.75, 3.05) is 18.0 Å². The summed E-state index contributed by atoms with van der Waals surface area (Å²) in [5.74, 6) is 1.59. The molecule has 3 rings (SSSR count). The first-order chi connectivity index (χ1) is 12.0. The van der Waals surface area contributed by atoms with Gasteiger partial charge in [-0.05, 0) is 51.0 Å². The van der Waals surface area contributed by atoms with Gasteiger partial charge >= 0.3 is 0 Å². The minimum absolute atomic E-state index is 0.0551. The molecule has 1 aromatic heterocycles. The highest BCUT2D eigenvalue weighted by Gasteiger charge is 2.27. The van der Waals surface area contributed by atoms with Crippen molar-refractivity contribution in [2.24, 2.45) is 5.92 Å². The summed E-state index contributed by atoms with van der Waals surface area (Å²) in [6.45, 7) is 5.46. The zero-order valence-electron chi connectivity index (χ0n) is 14.5. The molecule has 0 N–H and O–H groups in total. The third-order valence-corrected chi connectivity index (χ3v) is 4.43. The smallest absolute Gasteiger partial charge is 0.167 e. The van der Waals surface area contributed by atoms with Gasteiger partial charge in [-0.3, -0.25) is 4.79 Å². The Balaban J connectivity index is 1.72. The van der Waals surface area contributed by atoms with Crippen LogP contribution in [0, 0.1) is 5.92 Å². The Morgan fingerprint density at radius 1 is 1.28 bits per heavy atom. The molecule has 2 aromatic rings. The second-order valence-electron chi connectivity index (χ2n) is 6.56. The van der Waals surface area contributed by atoms with Gasteiger partial charge in [-0.1, -0.05) is 23.7 Å². The van der Waals surface area contributed by atoms with Crippen LogP contribution in [0.25, 0.3) is 0 Å². The number of anilines is 1. The van der Waals surface area contributed by atoms with Gasteiger partial charge in [0.05, 0.1) is 6.10 Å². The van der Waals surface area contributed by atoms with Crippen LogP contribution in [0.15, 0.2) is 36.4 Å². The van der Waals surface area contributed by atoms with Crippen molar-refractivity contribution >= 4 is 23.2 Å². The number of ether oxygens (including phenoxy) is 1. The van der Waals surface area contributed by atoms with E-state index in [0.29, 0.717) is 17.3 Å². The Morgan fingerprint density at radius 3 is 2.84 bits per heavy atom. The number of halogens is 1. The Labute approximate surface area is 153 Å². The fourth-order valence-corrected chi connectivity index (χ4v) is 3.21. The molecule has 5 nitrogen and oxygen atoms in total. The van der Waals surface area contributed by atoms with Crippen molar-refractivity contribution < 1.29 is 9.53 Å². The number of nitrogens with zero attached hydrogens (tertiary/aromatic N) is 3. The predicted octanol–water partition coefficient (Wildman–Crippen LogP) is 4.02. The minimum atomic E-state index is -0.0551. The largest absolute Gasteiger partial charge is 0.491 e.